The molecule has 3 aliphatic heterocycles. The van der Waals surface area contributed by atoms with Gasteiger partial charge in [-0.05, 0) is 68.5 Å². The molecule has 0 bridgehead atoms. The van der Waals surface area contributed by atoms with Crippen LogP contribution in [-0.2, 0) is 12.1 Å². The van der Waals surface area contributed by atoms with Gasteiger partial charge in [0.1, 0.15) is 0 Å². The van der Waals surface area contributed by atoms with E-state index in [1.807, 2.05) is 30.0 Å². The molecule has 3 aliphatic rings. The molecule has 1 spiro atoms. The van der Waals surface area contributed by atoms with Crippen LogP contribution in [0, 0.1) is 0 Å². The Morgan fingerprint density at radius 1 is 0.906 bits per heavy atom. The topological polar surface area (TPSA) is 57.6 Å². The predicted octanol–water partition coefficient (Wildman–Crippen LogP) is 3.81. The maximum atomic E-state index is 13.2. The molecular formula is C26H34N4O2. The lowest BCUT2D eigenvalue weighted by Crippen LogP contribution is -2.56. The molecule has 5 rings (SSSR count). The molecule has 1 aromatic heterocycles. The molecule has 6 heteroatoms. The van der Waals surface area contributed by atoms with Gasteiger partial charge in [-0.2, -0.15) is 0 Å². The average molecular weight is 435 g/mol. The Kier molecular flexibility index (Phi) is 5.80. The van der Waals surface area contributed by atoms with Crippen LogP contribution in [0.3, 0.4) is 0 Å². The molecule has 0 aliphatic carbocycles. The van der Waals surface area contributed by atoms with E-state index in [0.717, 1.165) is 63.4 Å². The van der Waals surface area contributed by atoms with Gasteiger partial charge in [-0.3, -0.25) is 9.59 Å². The predicted molar refractivity (Wildman–Crippen MR) is 126 cm³/mol. The van der Waals surface area contributed by atoms with Gasteiger partial charge >= 0.3 is 0 Å². The molecule has 170 valence electrons. The van der Waals surface area contributed by atoms with E-state index in [1.54, 1.807) is 0 Å². The van der Waals surface area contributed by atoms with Crippen molar-refractivity contribution in [2.24, 2.45) is 0 Å². The van der Waals surface area contributed by atoms with E-state index < -0.39 is 0 Å². The van der Waals surface area contributed by atoms with Crippen LogP contribution in [0.1, 0.15) is 72.0 Å². The van der Waals surface area contributed by atoms with E-state index >= 15 is 0 Å². The monoisotopic (exact) mass is 434 g/mol. The Bertz CT molecular complexity index is 980. The number of carbonyl (C=O) groups excluding carboxylic acids is 2. The van der Waals surface area contributed by atoms with E-state index in [-0.39, 0.29) is 17.2 Å². The number of Topliss-reactive ketones (excluding diaryl/α,β-unsaturated/α-hetero) is 1. The van der Waals surface area contributed by atoms with Gasteiger partial charge in [-0.15, -0.1) is 0 Å². The van der Waals surface area contributed by atoms with Crippen molar-refractivity contribution in [1.82, 2.24) is 14.8 Å². The Balaban J connectivity index is 1.27. The SMILES string of the molecule is CCC(=O)c1ccc2n1CCNC21CCN(C(=O)c2ccc(N3CCCCC3)cc2)CC1. The molecule has 1 amide bonds. The lowest BCUT2D eigenvalue weighted by molar-refractivity contribution is 0.0613. The van der Waals surface area contributed by atoms with Gasteiger partial charge < -0.3 is 19.7 Å². The fourth-order valence-corrected chi connectivity index (χ4v) is 5.72. The fourth-order valence-electron chi connectivity index (χ4n) is 5.72. The Hall–Kier alpha value is -2.60. The zero-order valence-corrected chi connectivity index (χ0v) is 19.1. The third kappa shape index (κ3) is 3.75. The van der Waals surface area contributed by atoms with E-state index in [4.69, 9.17) is 0 Å². The molecule has 1 aromatic carbocycles. The number of ketones is 1. The van der Waals surface area contributed by atoms with Crippen LogP contribution in [0.4, 0.5) is 5.69 Å². The number of rotatable bonds is 4. The summed E-state index contributed by atoms with van der Waals surface area (Å²) in [6, 6.07) is 12.3. The molecule has 32 heavy (non-hydrogen) atoms. The molecule has 0 saturated carbocycles. The minimum absolute atomic E-state index is 0.123. The highest BCUT2D eigenvalue weighted by molar-refractivity contribution is 5.95. The first kappa shape index (κ1) is 21.3. The van der Waals surface area contributed by atoms with Crippen molar-refractivity contribution in [3.05, 3.63) is 53.3 Å². The molecule has 2 aromatic rings. The van der Waals surface area contributed by atoms with Crippen LogP contribution < -0.4 is 10.2 Å². The zero-order valence-electron chi connectivity index (χ0n) is 19.1. The van der Waals surface area contributed by atoms with Crippen LogP contribution in [0.25, 0.3) is 0 Å². The van der Waals surface area contributed by atoms with Crippen molar-refractivity contribution in [3.63, 3.8) is 0 Å². The van der Waals surface area contributed by atoms with Crippen molar-refractivity contribution < 1.29 is 9.59 Å². The van der Waals surface area contributed by atoms with E-state index in [9.17, 15) is 9.59 Å². The highest BCUT2D eigenvalue weighted by Gasteiger charge is 2.41. The lowest BCUT2D eigenvalue weighted by atomic mass is 9.83. The van der Waals surface area contributed by atoms with Crippen LogP contribution in [0.5, 0.6) is 0 Å². The second kappa shape index (κ2) is 8.74. The summed E-state index contributed by atoms with van der Waals surface area (Å²) in [7, 11) is 0. The number of nitrogens with zero attached hydrogens (tertiary/aromatic N) is 3. The quantitative estimate of drug-likeness (QED) is 0.744. The van der Waals surface area contributed by atoms with Crippen molar-refractivity contribution in [2.75, 3.05) is 37.6 Å². The first-order valence-electron chi connectivity index (χ1n) is 12.2. The number of aromatic nitrogens is 1. The van der Waals surface area contributed by atoms with E-state index in [2.05, 4.69) is 33.0 Å². The number of hydrogen-bond donors (Lipinski definition) is 1. The number of fused-ring (bicyclic) bond motifs is 2. The molecule has 2 fully saturated rings. The van der Waals surface area contributed by atoms with Crippen molar-refractivity contribution in [1.29, 1.82) is 0 Å². The highest BCUT2D eigenvalue weighted by Crippen LogP contribution is 2.37. The summed E-state index contributed by atoms with van der Waals surface area (Å²) in [6.45, 7) is 7.28. The highest BCUT2D eigenvalue weighted by atomic mass is 16.2. The number of anilines is 1. The van der Waals surface area contributed by atoms with Crippen LogP contribution in [-0.4, -0.2) is 53.9 Å². The second-order valence-electron chi connectivity index (χ2n) is 9.43. The fraction of sp³-hybridized carbons (Fsp3) is 0.538. The average Bonchev–Trinajstić information content (AvgIpc) is 3.30. The van der Waals surface area contributed by atoms with Gasteiger partial charge in [-0.1, -0.05) is 6.92 Å². The van der Waals surface area contributed by atoms with Crippen molar-refractivity contribution in [2.45, 2.75) is 57.5 Å². The van der Waals surface area contributed by atoms with Gasteiger partial charge in [0.2, 0.25) is 0 Å². The first-order chi connectivity index (χ1) is 15.6. The third-order valence-corrected chi connectivity index (χ3v) is 7.62. The second-order valence-corrected chi connectivity index (χ2v) is 9.43. The Morgan fingerprint density at radius 2 is 1.62 bits per heavy atom. The molecule has 0 unspecified atom stereocenters. The van der Waals surface area contributed by atoms with Crippen LogP contribution in [0.2, 0.25) is 0 Å². The number of likely N-dealkylation sites (tertiary alicyclic amines) is 1. The van der Waals surface area contributed by atoms with Crippen LogP contribution >= 0.6 is 0 Å². The van der Waals surface area contributed by atoms with E-state index in [1.165, 1.54) is 30.6 Å². The van der Waals surface area contributed by atoms with Gasteiger partial charge in [0, 0.05) is 62.6 Å². The van der Waals surface area contributed by atoms with Crippen LogP contribution in [0.15, 0.2) is 36.4 Å². The van der Waals surface area contributed by atoms with Crippen molar-refractivity contribution in [3.8, 4) is 0 Å². The Morgan fingerprint density at radius 3 is 2.31 bits per heavy atom. The number of carbonyl (C=O) groups is 2. The number of hydrogen-bond acceptors (Lipinski definition) is 4. The summed E-state index contributed by atoms with van der Waals surface area (Å²) in [4.78, 5) is 29.9. The summed E-state index contributed by atoms with van der Waals surface area (Å²) in [5.74, 6) is 0.326. The maximum absolute atomic E-state index is 13.2. The Labute approximate surface area is 190 Å². The first-order valence-corrected chi connectivity index (χ1v) is 12.2. The number of amides is 1. The minimum Gasteiger partial charge on any atom is -0.372 e. The summed E-state index contributed by atoms with van der Waals surface area (Å²) >= 11 is 0. The summed E-state index contributed by atoms with van der Waals surface area (Å²) in [5, 5.41) is 3.73. The molecule has 1 N–H and O–H groups in total. The molecule has 4 heterocycles. The summed E-state index contributed by atoms with van der Waals surface area (Å²) < 4.78 is 2.21. The normalized spacial score (nSPS) is 20.3. The molecule has 6 nitrogen and oxygen atoms in total. The molecule has 0 atom stereocenters. The zero-order chi connectivity index (χ0) is 22.1. The number of benzene rings is 1. The van der Waals surface area contributed by atoms with Crippen molar-refractivity contribution >= 4 is 17.4 Å². The van der Waals surface area contributed by atoms with Gasteiger partial charge in [0.25, 0.3) is 5.91 Å². The molecule has 0 radical (unpaired) electrons. The van der Waals surface area contributed by atoms with E-state index in [0.29, 0.717) is 6.42 Å². The van der Waals surface area contributed by atoms with Gasteiger partial charge in [0.15, 0.2) is 5.78 Å². The van der Waals surface area contributed by atoms with Gasteiger partial charge in [-0.25, -0.2) is 0 Å². The molecular weight excluding hydrogens is 400 g/mol. The maximum Gasteiger partial charge on any atom is 0.253 e. The summed E-state index contributed by atoms with van der Waals surface area (Å²) in [5.41, 5.74) is 3.90. The smallest absolute Gasteiger partial charge is 0.253 e. The van der Waals surface area contributed by atoms with Gasteiger partial charge in [0.05, 0.1) is 11.2 Å². The molecule has 2 saturated heterocycles. The largest absolute Gasteiger partial charge is 0.372 e. The lowest BCUT2D eigenvalue weighted by Gasteiger charge is -2.45. The third-order valence-electron chi connectivity index (χ3n) is 7.62. The number of nitrogens with one attached hydrogen (secondary N) is 1. The number of piperidine rings is 2. The standard InChI is InChI=1S/C26H34N4O2/c1-2-23(31)22-10-11-24-26(27-14-19-30(22)24)12-17-29(18-13-26)25(32)20-6-8-21(9-7-20)28-15-4-3-5-16-28/h6-11,27H,2-5,12-19H2,1H3. The minimum atomic E-state index is -0.139. The summed E-state index contributed by atoms with van der Waals surface area (Å²) in [6.07, 6.45) is 6.09.